The standard InChI is InChI=1S/C12H17NOSi/c1-15(2,3)14-13-11-7-10-12-8-5-4-6-9-12/h4-11H,1-3H3/b10-7+,13-11?. The van der Waals surface area contributed by atoms with Gasteiger partial charge in [-0.3, -0.25) is 0 Å². The smallest absolute Gasteiger partial charge is 0.278 e. The Morgan fingerprint density at radius 1 is 1.13 bits per heavy atom. The molecular formula is C12H17NOSi. The summed E-state index contributed by atoms with van der Waals surface area (Å²) in [7, 11) is -1.52. The van der Waals surface area contributed by atoms with Gasteiger partial charge >= 0.3 is 0 Å². The van der Waals surface area contributed by atoms with Crippen molar-refractivity contribution >= 4 is 20.6 Å². The number of benzene rings is 1. The minimum absolute atomic E-state index is 1.16. The van der Waals surface area contributed by atoms with Crippen LogP contribution >= 0.6 is 0 Å². The van der Waals surface area contributed by atoms with Crippen molar-refractivity contribution in [3.8, 4) is 0 Å². The predicted molar refractivity (Wildman–Crippen MR) is 68.4 cm³/mol. The van der Waals surface area contributed by atoms with Gasteiger partial charge < -0.3 is 4.53 Å². The highest BCUT2D eigenvalue weighted by Gasteiger charge is 2.14. The van der Waals surface area contributed by atoms with E-state index in [-0.39, 0.29) is 0 Å². The Labute approximate surface area is 92.4 Å². The predicted octanol–water partition coefficient (Wildman–Crippen LogP) is 3.54. The third-order valence-corrected chi connectivity index (χ3v) is 2.21. The minimum Gasteiger partial charge on any atom is -0.456 e. The van der Waals surface area contributed by atoms with Crippen LogP contribution in [0.1, 0.15) is 5.56 Å². The molecule has 1 rings (SSSR count). The van der Waals surface area contributed by atoms with E-state index in [2.05, 4.69) is 24.8 Å². The fourth-order valence-electron chi connectivity index (χ4n) is 0.942. The van der Waals surface area contributed by atoms with Gasteiger partial charge in [0.05, 0.1) is 6.21 Å². The summed E-state index contributed by atoms with van der Waals surface area (Å²) in [5.74, 6) is 0. The van der Waals surface area contributed by atoms with E-state index in [0.717, 1.165) is 5.56 Å². The van der Waals surface area contributed by atoms with Crippen LogP contribution in [0.3, 0.4) is 0 Å². The monoisotopic (exact) mass is 219 g/mol. The highest BCUT2D eigenvalue weighted by atomic mass is 28.4. The second-order valence-electron chi connectivity index (χ2n) is 4.23. The summed E-state index contributed by atoms with van der Waals surface area (Å²) in [4.78, 5) is 0. The average molecular weight is 219 g/mol. The van der Waals surface area contributed by atoms with Crippen LogP contribution in [0.15, 0.2) is 41.6 Å². The van der Waals surface area contributed by atoms with Crippen LogP contribution in [0.25, 0.3) is 6.08 Å². The van der Waals surface area contributed by atoms with Crippen molar-refractivity contribution in [2.24, 2.45) is 5.16 Å². The van der Waals surface area contributed by atoms with E-state index in [0.29, 0.717) is 0 Å². The summed E-state index contributed by atoms with van der Waals surface area (Å²) in [6.45, 7) is 6.31. The molecule has 0 fully saturated rings. The molecule has 0 aliphatic heterocycles. The zero-order valence-corrected chi connectivity index (χ0v) is 10.5. The van der Waals surface area contributed by atoms with Gasteiger partial charge in [-0.2, -0.15) is 0 Å². The van der Waals surface area contributed by atoms with Crippen molar-refractivity contribution in [3.05, 3.63) is 42.0 Å². The Bertz CT molecular complexity index is 338. The van der Waals surface area contributed by atoms with Gasteiger partial charge in [0, 0.05) is 0 Å². The second-order valence-corrected chi connectivity index (χ2v) is 8.64. The molecule has 0 atom stereocenters. The average Bonchev–Trinajstić information content (AvgIpc) is 2.17. The van der Waals surface area contributed by atoms with E-state index >= 15 is 0 Å². The number of rotatable bonds is 4. The van der Waals surface area contributed by atoms with Crippen LogP contribution < -0.4 is 0 Å². The Balaban J connectivity index is 2.41. The Morgan fingerprint density at radius 2 is 1.80 bits per heavy atom. The van der Waals surface area contributed by atoms with Crippen LogP contribution in [0, 0.1) is 0 Å². The third-order valence-electron chi connectivity index (χ3n) is 1.56. The lowest BCUT2D eigenvalue weighted by Gasteiger charge is -2.11. The number of hydrogen-bond donors (Lipinski definition) is 0. The van der Waals surface area contributed by atoms with Gasteiger partial charge in [-0.15, -0.1) is 5.16 Å². The van der Waals surface area contributed by atoms with Crippen LogP contribution in [0.4, 0.5) is 0 Å². The molecular weight excluding hydrogens is 202 g/mol. The van der Waals surface area contributed by atoms with Crippen molar-refractivity contribution < 1.29 is 4.53 Å². The first kappa shape index (κ1) is 11.7. The normalized spacial score (nSPS) is 12.5. The molecule has 1 aromatic rings. The number of oxime groups is 1. The Kier molecular flexibility index (Phi) is 4.30. The van der Waals surface area contributed by atoms with Gasteiger partial charge in [0.2, 0.25) is 0 Å². The first-order valence-corrected chi connectivity index (χ1v) is 8.42. The van der Waals surface area contributed by atoms with Crippen molar-refractivity contribution in [2.75, 3.05) is 0 Å². The molecule has 0 N–H and O–H groups in total. The van der Waals surface area contributed by atoms with Gasteiger partial charge in [-0.1, -0.05) is 36.4 Å². The molecule has 0 aliphatic rings. The van der Waals surface area contributed by atoms with E-state index in [9.17, 15) is 0 Å². The van der Waals surface area contributed by atoms with Gasteiger partial charge in [0.25, 0.3) is 8.32 Å². The third kappa shape index (κ3) is 5.86. The molecule has 0 heterocycles. The topological polar surface area (TPSA) is 21.6 Å². The molecule has 1 aromatic carbocycles. The van der Waals surface area contributed by atoms with E-state index in [1.807, 2.05) is 42.5 Å². The highest BCUT2D eigenvalue weighted by Crippen LogP contribution is 2.02. The van der Waals surface area contributed by atoms with Crippen molar-refractivity contribution in [1.82, 2.24) is 0 Å². The zero-order chi connectivity index (χ0) is 11.1. The molecule has 15 heavy (non-hydrogen) atoms. The SMILES string of the molecule is C[Si](C)(C)ON=C/C=C/c1ccccc1. The second kappa shape index (κ2) is 5.51. The molecule has 0 aliphatic carbocycles. The van der Waals surface area contributed by atoms with E-state index in [4.69, 9.17) is 4.53 Å². The van der Waals surface area contributed by atoms with Gasteiger partial charge in [-0.05, 0) is 31.3 Å². The zero-order valence-electron chi connectivity index (χ0n) is 9.47. The largest absolute Gasteiger partial charge is 0.456 e. The quantitative estimate of drug-likeness (QED) is 0.431. The summed E-state index contributed by atoms with van der Waals surface area (Å²) in [6, 6.07) is 10.1. The van der Waals surface area contributed by atoms with E-state index in [1.54, 1.807) is 6.21 Å². The summed E-state index contributed by atoms with van der Waals surface area (Å²) >= 11 is 0. The van der Waals surface area contributed by atoms with Crippen molar-refractivity contribution in [2.45, 2.75) is 19.6 Å². The first-order valence-electron chi connectivity index (χ1n) is 5.01. The fraction of sp³-hybridized carbons (Fsp3) is 0.250. The molecule has 0 bridgehead atoms. The molecule has 3 heteroatoms. The number of hydrogen-bond acceptors (Lipinski definition) is 2. The van der Waals surface area contributed by atoms with Crippen LogP contribution in [0.2, 0.25) is 19.6 Å². The fourth-order valence-corrected chi connectivity index (χ4v) is 1.32. The molecule has 0 unspecified atom stereocenters. The maximum Gasteiger partial charge on any atom is 0.278 e. The maximum atomic E-state index is 5.32. The van der Waals surface area contributed by atoms with Crippen molar-refractivity contribution in [1.29, 1.82) is 0 Å². The lowest BCUT2D eigenvalue weighted by molar-refractivity contribution is 0.338. The van der Waals surface area contributed by atoms with E-state index < -0.39 is 8.32 Å². The Morgan fingerprint density at radius 3 is 2.40 bits per heavy atom. The van der Waals surface area contributed by atoms with Crippen molar-refractivity contribution in [3.63, 3.8) is 0 Å². The summed E-state index contributed by atoms with van der Waals surface area (Å²) < 4.78 is 5.32. The first-order chi connectivity index (χ1) is 7.08. The van der Waals surface area contributed by atoms with Crippen LogP contribution in [0.5, 0.6) is 0 Å². The van der Waals surface area contributed by atoms with Gasteiger partial charge in [-0.25, -0.2) is 0 Å². The van der Waals surface area contributed by atoms with Gasteiger partial charge in [0.15, 0.2) is 0 Å². The lowest BCUT2D eigenvalue weighted by Crippen LogP contribution is -2.22. The minimum atomic E-state index is -1.52. The summed E-state index contributed by atoms with van der Waals surface area (Å²) in [5.41, 5.74) is 1.16. The van der Waals surface area contributed by atoms with E-state index in [1.165, 1.54) is 0 Å². The molecule has 2 nitrogen and oxygen atoms in total. The molecule has 0 saturated carbocycles. The molecule has 0 amide bonds. The number of nitrogens with zero attached hydrogens (tertiary/aromatic N) is 1. The van der Waals surface area contributed by atoms with Gasteiger partial charge in [0.1, 0.15) is 0 Å². The van der Waals surface area contributed by atoms with Crippen LogP contribution in [-0.4, -0.2) is 14.5 Å². The van der Waals surface area contributed by atoms with Crippen LogP contribution in [-0.2, 0) is 4.53 Å². The summed E-state index contributed by atoms with van der Waals surface area (Å²) in [5, 5.41) is 3.91. The number of allylic oxidation sites excluding steroid dienone is 1. The maximum absolute atomic E-state index is 5.32. The molecule has 0 radical (unpaired) electrons. The summed E-state index contributed by atoms with van der Waals surface area (Å²) in [6.07, 6.45) is 5.57. The Hall–Kier alpha value is -1.35. The molecule has 0 aromatic heterocycles. The molecule has 0 spiro atoms. The molecule has 80 valence electrons. The molecule has 0 saturated heterocycles. The highest BCUT2D eigenvalue weighted by molar-refractivity contribution is 6.69. The lowest BCUT2D eigenvalue weighted by atomic mass is 10.2.